The van der Waals surface area contributed by atoms with E-state index in [0.29, 0.717) is 13.2 Å². The summed E-state index contributed by atoms with van der Waals surface area (Å²) >= 11 is 4.31. The van der Waals surface area contributed by atoms with Crippen molar-refractivity contribution in [1.29, 1.82) is 0 Å². The van der Waals surface area contributed by atoms with E-state index < -0.39 is 10.9 Å². The molecule has 0 atom stereocenters. The standard InChI is InChI=1S/C28H22I2O4S/c29-27-16-10-22(33-27)18-31-20-6-12-25(13-7-20)35(24-4-2-1-3-5-24)26-14-8-21(9-15-26)32-19-23-11-17-28(30)34-23/h1-17,35H,18-19H2. The van der Waals surface area contributed by atoms with Gasteiger partial charge in [0.05, 0.1) is 0 Å². The van der Waals surface area contributed by atoms with Crippen molar-refractivity contribution >= 4 is 56.1 Å². The Morgan fingerprint density at radius 3 is 1.34 bits per heavy atom. The van der Waals surface area contributed by atoms with Gasteiger partial charge in [-0.15, -0.1) is 0 Å². The number of benzene rings is 3. The fourth-order valence-corrected chi connectivity index (χ4v) is 6.76. The van der Waals surface area contributed by atoms with Crippen LogP contribution in [0.2, 0.25) is 0 Å². The lowest BCUT2D eigenvalue weighted by Gasteiger charge is -2.24. The average molecular weight is 708 g/mol. The van der Waals surface area contributed by atoms with Crippen molar-refractivity contribution in [2.75, 3.05) is 0 Å². The van der Waals surface area contributed by atoms with E-state index in [1.54, 1.807) is 0 Å². The fourth-order valence-electron chi connectivity index (χ4n) is 3.57. The van der Waals surface area contributed by atoms with Gasteiger partial charge in [-0.1, -0.05) is 18.2 Å². The normalized spacial score (nSPS) is 11.3. The predicted molar refractivity (Wildman–Crippen MR) is 155 cm³/mol. The molecule has 0 aliphatic carbocycles. The van der Waals surface area contributed by atoms with E-state index in [0.717, 1.165) is 30.6 Å². The highest BCUT2D eigenvalue weighted by molar-refractivity contribution is 14.1. The van der Waals surface area contributed by atoms with Crippen LogP contribution >= 0.6 is 56.1 Å². The second-order valence-corrected chi connectivity index (χ2v) is 12.0. The number of hydrogen-bond acceptors (Lipinski definition) is 4. The molecule has 2 heterocycles. The minimum atomic E-state index is -0.720. The molecule has 2 aromatic heterocycles. The van der Waals surface area contributed by atoms with Crippen LogP contribution in [0.3, 0.4) is 0 Å². The smallest absolute Gasteiger partial charge is 0.164 e. The third-order valence-electron chi connectivity index (χ3n) is 5.22. The summed E-state index contributed by atoms with van der Waals surface area (Å²) in [6, 6.07) is 35.1. The lowest BCUT2D eigenvalue weighted by molar-refractivity contribution is 0.267. The van der Waals surface area contributed by atoms with E-state index in [-0.39, 0.29) is 0 Å². The minimum Gasteiger partial charge on any atom is -0.486 e. The van der Waals surface area contributed by atoms with Gasteiger partial charge >= 0.3 is 0 Å². The molecule has 178 valence electrons. The van der Waals surface area contributed by atoms with Gasteiger partial charge in [-0.25, -0.2) is 0 Å². The lowest BCUT2D eigenvalue weighted by Crippen LogP contribution is -1.95. The summed E-state index contributed by atoms with van der Waals surface area (Å²) in [5.41, 5.74) is 0. The van der Waals surface area contributed by atoms with Gasteiger partial charge in [0.1, 0.15) is 36.2 Å². The van der Waals surface area contributed by atoms with Gasteiger partial charge in [0, 0.05) is 0 Å². The number of ether oxygens (including phenoxy) is 2. The second-order valence-electron chi connectivity index (χ2n) is 7.65. The summed E-state index contributed by atoms with van der Waals surface area (Å²) < 4.78 is 24.7. The Balaban J connectivity index is 1.33. The van der Waals surface area contributed by atoms with Crippen LogP contribution in [0.1, 0.15) is 11.5 Å². The molecule has 0 saturated heterocycles. The van der Waals surface area contributed by atoms with Gasteiger partial charge in [0.25, 0.3) is 0 Å². The third-order valence-corrected chi connectivity index (χ3v) is 8.83. The van der Waals surface area contributed by atoms with Crippen molar-refractivity contribution in [2.45, 2.75) is 27.9 Å². The maximum atomic E-state index is 5.92. The Hall–Kier alpha value is -2.37. The van der Waals surface area contributed by atoms with Gasteiger partial charge in [0.2, 0.25) is 0 Å². The summed E-state index contributed by atoms with van der Waals surface area (Å²) in [6.07, 6.45) is 0. The molecular weight excluding hydrogens is 686 g/mol. The van der Waals surface area contributed by atoms with E-state index >= 15 is 0 Å². The first kappa shape index (κ1) is 24.3. The highest BCUT2D eigenvalue weighted by atomic mass is 127. The monoisotopic (exact) mass is 708 g/mol. The molecule has 7 heteroatoms. The van der Waals surface area contributed by atoms with Gasteiger partial charge in [0.15, 0.2) is 7.53 Å². The quantitative estimate of drug-likeness (QED) is 0.123. The molecule has 0 fully saturated rings. The molecule has 3 aromatic carbocycles. The van der Waals surface area contributed by atoms with Crippen LogP contribution in [0.5, 0.6) is 11.5 Å². The van der Waals surface area contributed by atoms with Crippen LogP contribution in [0.4, 0.5) is 0 Å². The second kappa shape index (κ2) is 11.6. The Labute approximate surface area is 234 Å². The van der Waals surface area contributed by atoms with Gasteiger partial charge in [-0.3, -0.25) is 0 Å². The van der Waals surface area contributed by atoms with Gasteiger partial charge in [-0.2, -0.15) is 10.9 Å². The molecule has 0 N–H and O–H groups in total. The van der Waals surface area contributed by atoms with Crippen LogP contribution in [0.25, 0.3) is 0 Å². The molecule has 0 unspecified atom stereocenters. The Morgan fingerprint density at radius 1 is 0.514 bits per heavy atom. The first-order valence-electron chi connectivity index (χ1n) is 10.9. The Bertz CT molecular complexity index is 1270. The van der Waals surface area contributed by atoms with E-state index in [2.05, 4.69) is 99.8 Å². The molecule has 0 radical (unpaired) electrons. The summed E-state index contributed by atoms with van der Waals surface area (Å²) in [4.78, 5) is 3.80. The summed E-state index contributed by atoms with van der Waals surface area (Å²) in [5.74, 6) is 3.27. The zero-order chi connectivity index (χ0) is 24.0. The zero-order valence-electron chi connectivity index (χ0n) is 18.6. The van der Waals surface area contributed by atoms with E-state index in [9.17, 15) is 0 Å². The number of halogens is 2. The molecule has 0 aliphatic rings. The van der Waals surface area contributed by atoms with Crippen LogP contribution in [-0.4, -0.2) is 0 Å². The molecule has 0 aliphatic heterocycles. The van der Waals surface area contributed by atoms with Gasteiger partial charge in [-0.05, 0) is 145 Å². The number of thiol groups is 1. The predicted octanol–water partition coefficient (Wildman–Crippen LogP) is 8.72. The molecule has 0 spiro atoms. The molecule has 5 aromatic rings. The fraction of sp³-hybridized carbons (Fsp3) is 0.0714. The highest BCUT2D eigenvalue weighted by Crippen LogP contribution is 2.51. The van der Waals surface area contributed by atoms with Crippen LogP contribution in [-0.2, 0) is 13.2 Å². The molecule has 5 rings (SSSR count). The van der Waals surface area contributed by atoms with Crippen molar-refractivity contribution in [3.05, 3.63) is 122 Å². The maximum absolute atomic E-state index is 5.92. The molecule has 0 bridgehead atoms. The average Bonchev–Trinajstić information content (AvgIpc) is 3.51. The third kappa shape index (κ3) is 6.45. The number of rotatable bonds is 9. The van der Waals surface area contributed by atoms with Crippen LogP contribution in [0, 0.1) is 7.53 Å². The summed E-state index contributed by atoms with van der Waals surface area (Å²) in [5, 5.41) is 0. The van der Waals surface area contributed by atoms with E-state index in [1.165, 1.54) is 14.7 Å². The maximum Gasteiger partial charge on any atom is 0.164 e. The first-order chi connectivity index (χ1) is 17.1. The Morgan fingerprint density at radius 2 is 0.943 bits per heavy atom. The molecule has 0 saturated carbocycles. The van der Waals surface area contributed by atoms with Crippen LogP contribution < -0.4 is 9.47 Å². The summed E-state index contributed by atoms with van der Waals surface area (Å²) in [6.45, 7) is 0.822. The van der Waals surface area contributed by atoms with Crippen molar-refractivity contribution in [3.8, 4) is 11.5 Å². The SMILES string of the molecule is Ic1ccc(COc2ccc([SH](c3ccccc3)c3ccc(OCc4ccc(I)o4)cc3)cc2)o1. The van der Waals surface area contributed by atoms with Crippen molar-refractivity contribution in [1.82, 2.24) is 0 Å². The van der Waals surface area contributed by atoms with E-state index in [4.69, 9.17) is 18.3 Å². The van der Waals surface area contributed by atoms with E-state index in [1.807, 2.05) is 48.5 Å². The van der Waals surface area contributed by atoms with Crippen molar-refractivity contribution < 1.29 is 18.3 Å². The number of furan rings is 2. The molecular formula is C28H22I2O4S. The molecule has 0 amide bonds. The number of hydrogen-bond donors (Lipinski definition) is 1. The largest absolute Gasteiger partial charge is 0.486 e. The van der Waals surface area contributed by atoms with Gasteiger partial charge < -0.3 is 18.3 Å². The first-order valence-corrected chi connectivity index (χ1v) is 14.4. The lowest BCUT2D eigenvalue weighted by atomic mass is 10.3. The van der Waals surface area contributed by atoms with Crippen LogP contribution in [0.15, 0.2) is 127 Å². The van der Waals surface area contributed by atoms with Crippen molar-refractivity contribution in [3.63, 3.8) is 0 Å². The minimum absolute atomic E-state index is 0.411. The molecule has 35 heavy (non-hydrogen) atoms. The molecule has 4 nitrogen and oxygen atoms in total. The highest BCUT2D eigenvalue weighted by Gasteiger charge is 2.13. The summed E-state index contributed by atoms with van der Waals surface area (Å²) in [7, 11) is -0.720. The topological polar surface area (TPSA) is 44.7 Å². The zero-order valence-corrected chi connectivity index (χ0v) is 23.8. The van der Waals surface area contributed by atoms with Crippen molar-refractivity contribution in [2.24, 2.45) is 0 Å². The Kier molecular flexibility index (Phi) is 8.05.